The molecule has 3 rings (SSSR count). The van der Waals surface area contributed by atoms with Gasteiger partial charge >= 0.3 is 0 Å². The molecule has 41 heavy (non-hydrogen) atoms. The minimum atomic E-state index is -2.88. The van der Waals surface area contributed by atoms with Crippen LogP contribution >= 0.6 is 7.14 Å². The molecule has 0 radical (unpaired) electrons. The van der Waals surface area contributed by atoms with Crippen LogP contribution in [0, 0.1) is 20.8 Å². The number of benzene rings is 3. The molecule has 3 aromatic rings. The minimum Gasteiger partial charge on any atom is -0.493 e. The maximum absolute atomic E-state index is 15.3. The Morgan fingerprint density at radius 1 is 0.512 bits per heavy atom. The van der Waals surface area contributed by atoms with Crippen LogP contribution in [0.5, 0.6) is 17.2 Å². The third kappa shape index (κ3) is 9.67. The van der Waals surface area contributed by atoms with Gasteiger partial charge in [-0.25, -0.2) is 0 Å². The van der Waals surface area contributed by atoms with Crippen LogP contribution in [-0.4, -0.2) is 19.8 Å². The Morgan fingerprint density at radius 2 is 0.805 bits per heavy atom. The molecular formula is C36H51O4P. The lowest BCUT2D eigenvalue weighted by molar-refractivity contribution is 0.304. The lowest BCUT2D eigenvalue weighted by Crippen LogP contribution is -2.07. The van der Waals surface area contributed by atoms with Crippen LogP contribution in [0.2, 0.25) is 0 Å². The molecule has 0 N–H and O–H groups in total. The van der Waals surface area contributed by atoms with Gasteiger partial charge in [-0.05, 0) is 56.7 Å². The first-order valence-corrected chi connectivity index (χ1v) is 17.8. The van der Waals surface area contributed by atoms with Gasteiger partial charge in [-0.15, -0.1) is 0 Å². The van der Waals surface area contributed by atoms with Crippen LogP contribution in [0.1, 0.15) is 92.7 Å². The maximum atomic E-state index is 15.3. The second-order valence-corrected chi connectivity index (χ2v) is 14.4. The zero-order valence-electron chi connectivity index (χ0n) is 26.3. The van der Waals surface area contributed by atoms with Crippen molar-refractivity contribution in [2.75, 3.05) is 19.8 Å². The van der Waals surface area contributed by atoms with Crippen molar-refractivity contribution in [2.24, 2.45) is 0 Å². The summed E-state index contributed by atoms with van der Waals surface area (Å²) in [5.41, 5.74) is 6.32. The zero-order valence-corrected chi connectivity index (χ0v) is 27.2. The van der Waals surface area contributed by atoms with E-state index in [1.807, 2.05) is 0 Å². The Kier molecular flexibility index (Phi) is 13.3. The third-order valence-corrected chi connectivity index (χ3v) is 10.2. The van der Waals surface area contributed by atoms with Gasteiger partial charge in [-0.3, -0.25) is 0 Å². The van der Waals surface area contributed by atoms with Gasteiger partial charge in [-0.2, -0.15) is 0 Å². The molecule has 0 spiro atoms. The summed E-state index contributed by atoms with van der Waals surface area (Å²) in [6.45, 7) is 14.7. The first-order valence-electron chi connectivity index (χ1n) is 15.5. The van der Waals surface area contributed by atoms with Crippen molar-refractivity contribution in [3.05, 3.63) is 88.0 Å². The quantitative estimate of drug-likeness (QED) is 0.111. The van der Waals surface area contributed by atoms with Crippen molar-refractivity contribution < 1.29 is 18.8 Å². The van der Waals surface area contributed by atoms with Gasteiger partial charge in [0.1, 0.15) is 24.4 Å². The largest absolute Gasteiger partial charge is 0.493 e. The second-order valence-electron chi connectivity index (χ2n) is 11.3. The lowest BCUT2D eigenvalue weighted by Gasteiger charge is -2.24. The number of rotatable bonds is 18. The van der Waals surface area contributed by atoms with Gasteiger partial charge in [0.2, 0.25) is 0 Å². The number of hydrogen-bond donors (Lipinski definition) is 0. The first-order chi connectivity index (χ1) is 19.8. The molecule has 0 saturated heterocycles. The van der Waals surface area contributed by atoms with Crippen LogP contribution in [0.4, 0.5) is 0 Å². The molecule has 0 fully saturated rings. The fourth-order valence-corrected chi connectivity index (χ4v) is 8.13. The van der Waals surface area contributed by atoms with Crippen LogP contribution < -0.4 is 14.2 Å². The van der Waals surface area contributed by atoms with Crippen molar-refractivity contribution in [3.8, 4) is 17.2 Å². The van der Waals surface area contributed by atoms with E-state index in [0.29, 0.717) is 38.3 Å². The minimum absolute atomic E-state index is 0.459. The molecular weight excluding hydrogens is 527 g/mol. The first kappa shape index (κ1) is 32.8. The van der Waals surface area contributed by atoms with Gasteiger partial charge in [0, 0.05) is 35.2 Å². The summed E-state index contributed by atoms with van der Waals surface area (Å²) in [5, 5.41) is 0. The predicted molar refractivity (Wildman–Crippen MR) is 173 cm³/mol. The number of ether oxygens (including phenoxy) is 3. The summed E-state index contributed by atoms with van der Waals surface area (Å²) < 4.78 is 34.2. The highest BCUT2D eigenvalue weighted by molar-refractivity contribution is 7.61. The van der Waals surface area contributed by atoms with Gasteiger partial charge in [0.15, 0.2) is 0 Å². The van der Waals surface area contributed by atoms with Crippen LogP contribution in [0.25, 0.3) is 0 Å². The summed E-state index contributed by atoms with van der Waals surface area (Å²) in [6.07, 6.45) is 7.58. The number of unbranched alkanes of at least 4 members (excludes halogenated alkanes) is 3. The topological polar surface area (TPSA) is 44.8 Å². The molecule has 0 aliphatic heterocycles. The van der Waals surface area contributed by atoms with E-state index in [1.165, 1.54) is 0 Å². The van der Waals surface area contributed by atoms with Crippen LogP contribution in [-0.2, 0) is 23.1 Å². The summed E-state index contributed by atoms with van der Waals surface area (Å²) in [6, 6.07) is 18.7. The highest BCUT2D eigenvalue weighted by Gasteiger charge is 2.29. The molecule has 0 heterocycles. The molecule has 0 unspecified atom stereocenters. The molecule has 0 amide bonds. The Labute approximate surface area is 249 Å². The molecule has 0 aliphatic rings. The molecule has 0 saturated carbocycles. The average Bonchev–Trinajstić information content (AvgIpc) is 2.93. The van der Waals surface area contributed by atoms with Gasteiger partial charge in [-0.1, -0.05) is 94.6 Å². The van der Waals surface area contributed by atoms with E-state index in [-0.39, 0.29) is 0 Å². The van der Waals surface area contributed by atoms with Crippen molar-refractivity contribution in [1.82, 2.24) is 0 Å². The van der Waals surface area contributed by atoms with Crippen molar-refractivity contribution in [2.45, 2.75) is 98.6 Å². The molecule has 0 atom stereocenters. The van der Waals surface area contributed by atoms with Crippen molar-refractivity contribution in [1.29, 1.82) is 0 Å². The second kappa shape index (κ2) is 16.7. The molecule has 5 heteroatoms. The molecule has 0 bridgehead atoms. The molecule has 0 aliphatic carbocycles. The summed E-state index contributed by atoms with van der Waals surface area (Å²) in [4.78, 5) is 0. The van der Waals surface area contributed by atoms with Gasteiger partial charge in [0.05, 0.1) is 19.8 Å². The van der Waals surface area contributed by atoms with Crippen molar-refractivity contribution >= 4 is 7.14 Å². The Hall–Kier alpha value is -2.71. The SMILES string of the molecule is CCCCOc1c(C)cccc1CP(=O)(Cc1cccc(C)c1OCCCC)Cc1cccc(C)c1OCCCC. The molecule has 4 nitrogen and oxygen atoms in total. The van der Waals surface area contributed by atoms with E-state index < -0.39 is 7.14 Å². The van der Waals surface area contributed by atoms with Crippen LogP contribution in [0.15, 0.2) is 54.6 Å². The van der Waals surface area contributed by atoms with Gasteiger partial charge < -0.3 is 18.8 Å². The van der Waals surface area contributed by atoms with E-state index in [0.717, 1.165) is 89.2 Å². The van der Waals surface area contributed by atoms with Crippen LogP contribution in [0.3, 0.4) is 0 Å². The fraction of sp³-hybridized carbons (Fsp3) is 0.500. The Morgan fingerprint density at radius 3 is 1.07 bits per heavy atom. The fourth-order valence-electron chi connectivity index (χ4n) is 5.19. The summed E-state index contributed by atoms with van der Waals surface area (Å²) >= 11 is 0. The van der Waals surface area contributed by atoms with E-state index in [4.69, 9.17) is 14.2 Å². The monoisotopic (exact) mass is 578 g/mol. The van der Waals surface area contributed by atoms with E-state index >= 15 is 4.57 Å². The lowest BCUT2D eigenvalue weighted by atomic mass is 10.1. The van der Waals surface area contributed by atoms with Crippen molar-refractivity contribution in [3.63, 3.8) is 0 Å². The Bertz CT molecular complexity index is 1130. The number of aryl methyl sites for hydroxylation is 3. The van der Waals surface area contributed by atoms with Gasteiger partial charge in [0.25, 0.3) is 0 Å². The summed E-state index contributed by atoms with van der Waals surface area (Å²) in [5.74, 6) is 2.65. The highest BCUT2D eigenvalue weighted by atomic mass is 31.2. The molecule has 3 aromatic carbocycles. The highest BCUT2D eigenvalue weighted by Crippen LogP contribution is 2.58. The molecule has 224 valence electrons. The number of para-hydroxylation sites is 3. The smallest absolute Gasteiger partial charge is 0.125 e. The predicted octanol–water partition coefficient (Wildman–Crippen LogP) is 10.4. The molecule has 0 aromatic heterocycles. The normalized spacial score (nSPS) is 11.5. The average molecular weight is 579 g/mol. The maximum Gasteiger partial charge on any atom is 0.125 e. The summed E-state index contributed by atoms with van der Waals surface area (Å²) in [7, 11) is -2.88. The van der Waals surface area contributed by atoms with E-state index in [1.54, 1.807) is 0 Å². The third-order valence-electron chi connectivity index (χ3n) is 7.49. The Balaban J connectivity index is 2.05. The van der Waals surface area contributed by atoms with E-state index in [2.05, 4.69) is 96.1 Å². The standard InChI is InChI=1S/C36H51O4P/c1-7-10-22-38-34-28(4)16-13-19-31(34)25-41(37,26-32-20-14-17-29(5)35(32)39-23-11-8-2)27-33-21-15-18-30(6)36(33)40-24-12-9-3/h13-21H,7-12,22-27H2,1-6H3. The number of hydrogen-bond acceptors (Lipinski definition) is 4. The zero-order chi connectivity index (χ0) is 29.7. The van der Waals surface area contributed by atoms with E-state index in [9.17, 15) is 0 Å².